The number of hydrogen-bond donors (Lipinski definition) is 2. The van der Waals surface area contributed by atoms with Crippen molar-refractivity contribution in [3.05, 3.63) is 0 Å². The van der Waals surface area contributed by atoms with E-state index in [-0.39, 0.29) is 17.9 Å². The molecule has 1 heterocycles. The standard InChI is InChI=1S/C9H15NO2S2/c1-6(5-13)9(14)12-8(11)7-3-2-4-10-7/h6-7,10,13H,2-5H2,1H3/t6?,7-/m0/s1. The molecule has 0 spiro atoms. The molecule has 2 atom stereocenters. The number of hydrogen-bond acceptors (Lipinski definition) is 5. The van der Waals surface area contributed by atoms with Gasteiger partial charge in [-0.2, -0.15) is 12.6 Å². The molecule has 14 heavy (non-hydrogen) atoms. The largest absolute Gasteiger partial charge is 0.418 e. The maximum absolute atomic E-state index is 11.5. The molecule has 0 saturated carbocycles. The van der Waals surface area contributed by atoms with E-state index in [0.717, 1.165) is 19.4 Å². The van der Waals surface area contributed by atoms with Crippen molar-refractivity contribution in [3.8, 4) is 0 Å². The minimum absolute atomic E-state index is 0.0405. The molecule has 1 fully saturated rings. The Morgan fingerprint density at radius 1 is 1.79 bits per heavy atom. The molecule has 0 aromatic heterocycles. The van der Waals surface area contributed by atoms with Gasteiger partial charge in [-0.15, -0.1) is 0 Å². The van der Waals surface area contributed by atoms with Gasteiger partial charge in [0.05, 0.1) is 0 Å². The summed E-state index contributed by atoms with van der Waals surface area (Å²) in [5, 5.41) is 3.41. The number of thiocarbonyl (C=S) groups is 1. The lowest BCUT2D eigenvalue weighted by molar-refractivity contribution is -0.137. The van der Waals surface area contributed by atoms with E-state index < -0.39 is 0 Å². The number of carbonyl (C=O) groups excluding carboxylic acids is 1. The van der Waals surface area contributed by atoms with Crippen molar-refractivity contribution in [1.29, 1.82) is 0 Å². The van der Waals surface area contributed by atoms with Crippen LogP contribution in [0.4, 0.5) is 0 Å². The Bertz CT molecular complexity index is 227. The Morgan fingerprint density at radius 3 is 3.00 bits per heavy atom. The van der Waals surface area contributed by atoms with Crippen molar-refractivity contribution < 1.29 is 9.53 Å². The second kappa shape index (κ2) is 5.68. The van der Waals surface area contributed by atoms with Gasteiger partial charge in [0.15, 0.2) is 5.05 Å². The van der Waals surface area contributed by atoms with Crippen LogP contribution in [0.2, 0.25) is 0 Å². The molecule has 0 aromatic carbocycles. The van der Waals surface area contributed by atoms with E-state index in [1.165, 1.54) is 0 Å². The molecule has 0 aliphatic carbocycles. The fourth-order valence-corrected chi connectivity index (χ4v) is 1.69. The molecule has 1 aliphatic rings. The van der Waals surface area contributed by atoms with Gasteiger partial charge in [0, 0.05) is 11.7 Å². The second-order valence-electron chi connectivity index (χ2n) is 3.47. The Hall–Kier alpha value is -0.130. The third-order valence-corrected chi connectivity index (χ3v) is 3.26. The highest BCUT2D eigenvalue weighted by molar-refractivity contribution is 7.81. The van der Waals surface area contributed by atoms with Crippen molar-refractivity contribution >= 4 is 35.9 Å². The Kier molecular flexibility index (Phi) is 4.84. The third kappa shape index (κ3) is 3.22. The minimum atomic E-state index is -0.249. The first-order chi connectivity index (χ1) is 6.65. The summed E-state index contributed by atoms with van der Waals surface area (Å²) in [4.78, 5) is 11.5. The SMILES string of the molecule is CC(CS)C(=S)OC(=O)[C@@H]1CCCN1. The van der Waals surface area contributed by atoms with Crippen LogP contribution in [-0.4, -0.2) is 29.4 Å². The van der Waals surface area contributed by atoms with Crippen molar-refractivity contribution in [3.63, 3.8) is 0 Å². The van der Waals surface area contributed by atoms with E-state index in [1.807, 2.05) is 6.92 Å². The maximum Gasteiger partial charge on any atom is 0.329 e. The van der Waals surface area contributed by atoms with Crippen LogP contribution in [0.25, 0.3) is 0 Å². The summed E-state index contributed by atoms with van der Waals surface area (Å²) >= 11 is 9.06. The average Bonchev–Trinajstić information content (AvgIpc) is 2.69. The zero-order valence-corrected chi connectivity index (χ0v) is 9.87. The number of ether oxygens (including phenoxy) is 1. The van der Waals surface area contributed by atoms with Crippen LogP contribution in [0.15, 0.2) is 0 Å². The Labute approximate surface area is 95.0 Å². The molecular formula is C9H15NO2S2. The minimum Gasteiger partial charge on any atom is -0.418 e. The van der Waals surface area contributed by atoms with E-state index in [9.17, 15) is 4.79 Å². The molecule has 5 heteroatoms. The molecule has 0 bridgehead atoms. The molecule has 0 amide bonds. The molecule has 0 aromatic rings. The van der Waals surface area contributed by atoms with Crippen molar-refractivity contribution in [2.45, 2.75) is 25.8 Å². The topological polar surface area (TPSA) is 38.3 Å². The fourth-order valence-electron chi connectivity index (χ4n) is 1.23. The van der Waals surface area contributed by atoms with E-state index >= 15 is 0 Å². The van der Waals surface area contributed by atoms with Crippen LogP contribution < -0.4 is 5.32 Å². The first-order valence-electron chi connectivity index (χ1n) is 4.75. The summed E-state index contributed by atoms with van der Waals surface area (Å²) in [6, 6.07) is -0.167. The lowest BCUT2D eigenvalue weighted by Gasteiger charge is -2.13. The second-order valence-corrected chi connectivity index (χ2v) is 4.24. The number of esters is 1. The number of nitrogens with one attached hydrogen (secondary N) is 1. The number of rotatable bonds is 3. The molecule has 1 saturated heterocycles. The summed E-state index contributed by atoms with van der Waals surface area (Å²) in [6.45, 7) is 2.78. The van der Waals surface area contributed by atoms with Gasteiger partial charge in [-0.05, 0) is 31.6 Å². The first kappa shape index (κ1) is 11.9. The van der Waals surface area contributed by atoms with Crippen LogP contribution in [0.5, 0.6) is 0 Å². The smallest absolute Gasteiger partial charge is 0.329 e. The summed E-state index contributed by atoms with van der Waals surface area (Å²) in [5.41, 5.74) is 0. The predicted octanol–water partition coefficient (Wildman–Crippen LogP) is 1.17. The lowest BCUT2D eigenvalue weighted by atomic mass is 10.2. The Morgan fingerprint density at radius 2 is 2.50 bits per heavy atom. The van der Waals surface area contributed by atoms with Crippen LogP contribution in [0.3, 0.4) is 0 Å². The predicted molar refractivity (Wildman–Crippen MR) is 62.7 cm³/mol. The van der Waals surface area contributed by atoms with E-state index in [4.69, 9.17) is 17.0 Å². The summed E-state index contributed by atoms with van der Waals surface area (Å²) in [7, 11) is 0. The van der Waals surface area contributed by atoms with Gasteiger partial charge in [0.2, 0.25) is 0 Å². The Balaban J connectivity index is 2.35. The molecule has 1 rings (SSSR count). The van der Waals surface area contributed by atoms with Crippen molar-refractivity contribution in [1.82, 2.24) is 5.32 Å². The van der Waals surface area contributed by atoms with Gasteiger partial charge in [-0.3, -0.25) is 0 Å². The first-order valence-corrected chi connectivity index (χ1v) is 5.79. The summed E-state index contributed by atoms with van der Waals surface area (Å²) in [6.07, 6.45) is 1.87. The maximum atomic E-state index is 11.5. The summed E-state index contributed by atoms with van der Waals surface area (Å²) in [5.74, 6) is 0.393. The molecule has 1 N–H and O–H groups in total. The highest BCUT2D eigenvalue weighted by Gasteiger charge is 2.25. The number of thiol groups is 1. The molecule has 1 aliphatic heterocycles. The molecule has 1 unspecified atom stereocenters. The van der Waals surface area contributed by atoms with Gasteiger partial charge in [0.25, 0.3) is 0 Å². The van der Waals surface area contributed by atoms with Crippen molar-refractivity contribution in [2.24, 2.45) is 5.92 Å². The monoisotopic (exact) mass is 233 g/mol. The van der Waals surface area contributed by atoms with Crippen LogP contribution in [0, 0.1) is 5.92 Å². The highest BCUT2D eigenvalue weighted by atomic mass is 32.1. The molecule has 3 nitrogen and oxygen atoms in total. The van der Waals surface area contributed by atoms with Crippen molar-refractivity contribution in [2.75, 3.05) is 12.3 Å². The molecule has 80 valence electrons. The van der Waals surface area contributed by atoms with Gasteiger partial charge in [-0.25, -0.2) is 4.79 Å². The zero-order valence-electron chi connectivity index (χ0n) is 8.16. The van der Waals surface area contributed by atoms with E-state index in [1.54, 1.807) is 0 Å². The van der Waals surface area contributed by atoms with Gasteiger partial charge < -0.3 is 10.1 Å². The van der Waals surface area contributed by atoms with E-state index in [0.29, 0.717) is 10.8 Å². The van der Waals surface area contributed by atoms with Crippen LogP contribution in [0.1, 0.15) is 19.8 Å². The van der Waals surface area contributed by atoms with E-state index in [2.05, 4.69) is 17.9 Å². The molecular weight excluding hydrogens is 218 g/mol. The van der Waals surface area contributed by atoms with Crippen LogP contribution >= 0.6 is 24.8 Å². The van der Waals surface area contributed by atoms with Gasteiger partial charge >= 0.3 is 5.97 Å². The quantitative estimate of drug-likeness (QED) is 0.436. The normalized spacial score (nSPS) is 23.1. The molecule has 0 radical (unpaired) electrons. The highest BCUT2D eigenvalue weighted by Crippen LogP contribution is 2.09. The zero-order chi connectivity index (χ0) is 10.6. The summed E-state index contributed by atoms with van der Waals surface area (Å²) < 4.78 is 5.07. The van der Waals surface area contributed by atoms with Crippen LogP contribution in [-0.2, 0) is 9.53 Å². The number of carbonyl (C=O) groups is 1. The van der Waals surface area contributed by atoms with Gasteiger partial charge in [0.1, 0.15) is 6.04 Å². The third-order valence-electron chi connectivity index (χ3n) is 2.22. The fraction of sp³-hybridized carbons (Fsp3) is 0.778. The lowest BCUT2D eigenvalue weighted by Crippen LogP contribution is -2.34. The average molecular weight is 233 g/mol. The van der Waals surface area contributed by atoms with Gasteiger partial charge in [-0.1, -0.05) is 6.92 Å².